The zero-order valence-corrected chi connectivity index (χ0v) is 73.8. The molecule has 0 unspecified atom stereocenters. The molecule has 576 valence electrons. The van der Waals surface area contributed by atoms with Crippen molar-refractivity contribution >= 4 is 0 Å². The Hall–Kier alpha value is -7.80. The van der Waals surface area contributed by atoms with Gasteiger partial charge < -0.3 is 0 Å². The van der Waals surface area contributed by atoms with Crippen LogP contribution in [-0.4, -0.2) is 0 Å². The number of rotatable bonds is 5. The van der Waals surface area contributed by atoms with E-state index in [-0.39, 0.29) is 67.5 Å². The summed E-state index contributed by atoms with van der Waals surface area (Å²) in [6.45, 7) is 74.5. The lowest BCUT2D eigenvalue weighted by Crippen LogP contribution is -2.17. The van der Waals surface area contributed by atoms with Crippen LogP contribution in [0.1, 0.15) is 307 Å². The highest BCUT2D eigenvalue weighted by atomic mass is 14.3. The van der Waals surface area contributed by atoms with Crippen LogP contribution in [-0.2, 0) is 48.7 Å². The van der Waals surface area contributed by atoms with Gasteiger partial charge >= 0.3 is 0 Å². The largest absolute Gasteiger partial charge is 0.0629 e. The van der Waals surface area contributed by atoms with Gasteiger partial charge in [-0.05, 0) is 184 Å². The Kier molecular flexibility index (Phi) is 27.8. The van der Waals surface area contributed by atoms with E-state index >= 15 is 0 Å². The molecule has 0 heterocycles. The maximum absolute atomic E-state index is 7.91. The highest BCUT2D eigenvalue weighted by Crippen LogP contribution is 2.41. The van der Waals surface area contributed by atoms with E-state index < -0.39 is 12.3 Å². The molecule has 10 aromatic carbocycles. The standard InChI is InChI=1S/C38H54.C22H22.C16H18.C11H16.C10H14.2C5H12/c1-34(2,3)29-17-25(27-19-30(35(4,5)6)23-31(20-27)36(7,8)9)16-26(18-29)28-21-32(37(10,11)12)24-33(22-28)38(13,14)15;1-22(2,3)21-15-19(17-10-6-4-7-11-17)14-20(16-21)18-12-8-5-9-13-18;1-16(2,3)15-11-7-10-14(12-15)13-8-5-4-6-9-13;1-9-6-5-7-10(8-9)11(2,3)4;1-10(2,3)9-7-5-4-6-8-9;2*1-5(2,3)4/h16-24H,1-15H3;4-16H,1-3H3;4-12H,1-3H3;5-8H,1-4H3;4-8H,1-3H3;2*1-4H3/i;;;5D,6D,7D,8D;;1D3;. The minimum absolute atomic E-state index is 0.00185. The van der Waals surface area contributed by atoms with Crippen LogP contribution in [0.5, 0.6) is 0 Å². The summed E-state index contributed by atoms with van der Waals surface area (Å²) in [4.78, 5) is 0. The summed E-state index contributed by atoms with van der Waals surface area (Å²) in [6.07, 6.45) is 0. The summed E-state index contributed by atoms with van der Waals surface area (Å²) < 4.78 is 51.7. The summed E-state index contributed by atoms with van der Waals surface area (Å²) >= 11 is 0. The molecular formula is C107H148. The number of hydrogen-bond donors (Lipinski definition) is 0. The normalized spacial score (nSPS) is 13.4. The van der Waals surface area contributed by atoms with E-state index in [1.54, 1.807) is 27.7 Å². The average Bonchev–Trinajstić information content (AvgIpc) is 0.771. The van der Waals surface area contributed by atoms with Gasteiger partial charge in [0.25, 0.3) is 0 Å². The van der Waals surface area contributed by atoms with Gasteiger partial charge in [0.1, 0.15) is 0 Å². The van der Waals surface area contributed by atoms with Crippen molar-refractivity contribution in [1.29, 1.82) is 0 Å². The molecule has 0 aromatic heterocycles. The van der Waals surface area contributed by atoms with Crippen molar-refractivity contribution in [3.63, 3.8) is 0 Å². The van der Waals surface area contributed by atoms with E-state index in [0.29, 0.717) is 22.0 Å². The van der Waals surface area contributed by atoms with Crippen LogP contribution in [0.4, 0.5) is 0 Å². The average molecular weight is 1440 g/mol. The van der Waals surface area contributed by atoms with Crippen molar-refractivity contribution in [2.45, 2.75) is 298 Å². The molecule has 107 heavy (non-hydrogen) atoms. The van der Waals surface area contributed by atoms with Crippen LogP contribution >= 0.6 is 0 Å². The Balaban J connectivity index is 0.000000307. The molecule has 0 amide bonds. The van der Waals surface area contributed by atoms with Crippen LogP contribution in [0.3, 0.4) is 0 Å². The summed E-state index contributed by atoms with van der Waals surface area (Å²) in [5.41, 5.74) is 25.7. The van der Waals surface area contributed by atoms with Crippen LogP contribution in [0, 0.1) is 17.8 Å². The first-order valence-corrected chi connectivity index (χ1v) is 39.1. The zero-order chi connectivity index (χ0) is 87.3. The van der Waals surface area contributed by atoms with Gasteiger partial charge in [0.05, 0.1) is 5.48 Å². The topological polar surface area (TPSA) is 0 Å². The first-order chi connectivity index (χ1) is 51.6. The van der Waals surface area contributed by atoms with Gasteiger partial charge in [0.15, 0.2) is 0 Å². The third kappa shape index (κ3) is 32.9. The second-order valence-corrected chi connectivity index (χ2v) is 41.2. The minimum Gasteiger partial charge on any atom is -0.0622 e. The predicted molar refractivity (Wildman–Crippen MR) is 483 cm³/mol. The Morgan fingerprint density at radius 2 is 0.402 bits per heavy atom. The Bertz CT molecular complexity index is 4400. The van der Waals surface area contributed by atoms with Gasteiger partial charge in [-0.15, -0.1) is 0 Å². The molecule has 0 bridgehead atoms. The molecule has 0 aliphatic carbocycles. The van der Waals surface area contributed by atoms with Crippen molar-refractivity contribution < 1.29 is 9.60 Å². The minimum atomic E-state index is -1.81. The molecule has 10 aromatic rings. The monoisotopic (exact) mass is 1440 g/mol. The van der Waals surface area contributed by atoms with Crippen LogP contribution in [0.2, 0.25) is 0 Å². The molecule has 0 aliphatic heterocycles. The van der Waals surface area contributed by atoms with Gasteiger partial charge in [-0.3, -0.25) is 0 Å². The first-order valence-electron chi connectivity index (χ1n) is 42.6. The number of hydrogen-bond acceptors (Lipinski definition) is 0. The molecule has 0 saturated carbocycles. The van der Waals surface area contributed by atoms with Crippen molar-refractivity contribution in [2.24, 2.45) is 10.8 Å². The van der Waals surface area contributed by atoms with E-state index in [1.807, 2.05) is 20.8 Å². The zero-order valence-electron chi connectivity index (χ0n) is 80.8. The molecule has 0 radical (unpaired) electrons. The third-order valence-corrected chi connectivity index (χ3v) is 17.8. The molecule has 0 spiro atoms. The van der Waals surface area contributed by atoms with E-state index in [4.69, 9.17) is 9.60 Å². The summed E-state index contributed by atoms with van der Waals surface area (Å²) in [5.74, 6) is 0. The fraction of sp³-hybridized carbons (Fsp3) is 0.439. The SMILES string of the molecule is CC(C)(C)C.CC(C)(C)c1cc(-c2cc(C(C)(C)C)cc(C(C)(C)C)c2)cc(-c2cc(C(C)(C)C)cc(C(C)(C)C)c2)c1.CC(C)(C)c1cc(-c2ccccc2)cc(-c2ccccc2)c1.CC(C)(C)c1cccc(-c2ccccc2)c1.CC(C)(C)c1ccccc1.[2H]C([2H])([2H])C(C)(C)C.[2H]c1c([2H])c(C)c([2H])c(C(C)(C)C)c1[2H]. The smallest absolute Gasteiger partial charge is 0.0622 e. The highest BCUT2D eigenvalue weighted by molar-refractivity contribution is 5.78. The van der Waals surface area contributed by atoms with E-state index in [0.717, 1.165) is 0 Å². The van der Waals surface area contributed by atoms with Gasteiger partial charge in [-0.1, -0.05) is 478 Å². The Labute approximate surface area is 668 Å². The molecule has 0 atom stereocenters. The van der Waals surface area contributed by atoms with Gasteiger partial charge in [-0.2, -0.15) is 0 Å². The van der Waals surface area contributed by atoms with E-state index in [1.165, 1.54) is 100 Å². The lowest BCUT2D eigenvalue weighted by molar-refractivity contribution is 0.469. The Morgan fingerprint density at radius 1 is 0.196 bits per heavy atom. The summed E-state index contributed by atoms with van der Waals surface area (Å²) in [6, 6.07) is 80.0. The first kappa shape index (κ1) is 80.2. The van der Waals surface area contributed by atoms with Gasteiger partial charge in [0, 0.05) is 4.11 Å². The second-order valence-electron chi connectivity index (χ2n) is 41.2. The molecule has 10 rings (SSSR count). The van der Waals surface area contributed by atoms with E-state index in [2.05, 4.69) is 412 Å². The lowest BCUT2D eigenvalue weighted by Gasteiger charge is -2.28. The van der Waals surface area contributed by atoms with Crippen LogP contribution in [0.25, 0.3) is 55.6 Å². The molecule has 0 aliphatic rings. The molecule has 0 fully saturated rings. The Morgan fingerprint density at radius 3 is 0.654 bits per heavy atom. The van der Waals surface area contributed by atoms with Gasteiger partial charge in [-0.25, -0.2) is 0 Å². The van der Waals surface area contributed by atoms with Crippen molar-refractivity contribution in [1.82, 2.24) is 0 Å². The summed E-state index contributed by atoms with van der Waals surface area (Å²) in [7, 11) is 0. The van der Waals surface area contributed by atoms with Crippen LogP contribution in [0.15, 0.2) is 243 Å². The molecule has 0 heteroatoms. The molecular weight excluding hydrogens is 1290 g/mol. The lowest BCUT2D eigenvalue weighted by atomic mass is 9.77. The molecule has 0 nitrogen and oxygen atoms in total. The van der Waals surface area contributed by atoms with Crippen molar-refractivity contribution in [3.05, 3.63) is 298 Å². The third-order valence-electron chi connectivity index (χ3n) is 17.8. The van der Waals surface area contributed by atoms with Crippen molar-refractivity contribution in [2.75, 3.05) is 0 Å². The van der Waals surface area contributed by atoms with E-state index in [9.17, 15) is 0 Å². The molecule has 0 saturated heterocycles. The maximum atomic E-state index is 7.91. The summed E-state index contributed by atoms with van der Waals surface area (Å²) in [5, 5.41) is 0. The maximum Gasteiger partial charge on any atom is 0.0629 e. The highest BCUT2D eigenvalue weighted by Gasteiger charge is 2.26. The second kappa shape index (κ2) is 37.1. The fourth-order valence-corrected chi connectivity index (χ4v) is 10.9. The van der Waals surface area contributed by atoms with Gasteiger partial charge in [0.2, 0.25) is 0 Å². The predicted octanol–water partition coefficient (Wildman–Crippen LogP) is 32.9. The number of benzene rings is 10. The fourth-order valence-electron chi connectivity index (χ4n) is 10.9. The molecule has 0 N–H and O–H groups in total. The quantitative estimate of drug-likeness (QED) is 0.161. The van der Waals surface area contributed by atoms with Crippen molar-refractivity contribution in [3.8, 4) is 55.6 Å². The van der Waals surface area contributed by atoms with Crippen LogP contribution < -0.4 is 0 Å².